The molecule has 2 heterocycles. The molecule has 4 aromatic rings. The van der Waals surface area contributed by atoms with Crippen LogP contribution in [0.3, 0.4) is 0 Å². The van der Waals surface area contributed by atoms with E-state index in [1.165, 1.54) is 11.8 Å². The number of aliphatic hydroxyl groups excluding tert-OH is 1. The van der Waals surface area contributed by atoms with E-state index in [9.17, 15) is 14.7 Å². The summed E-state index contributed by atoms with van der Waals surface area (Å²) >= 11 is 1.54. The minimum Gasteiger partial charge on any atom is -0.481 e. The molecule has 0 spiro atoms. The highest BCUT2D eigenvalue weighted by molar-refractivity contribution is 7.99. The number of tetrazole rings is 1. The maximum atomic E-state index is 12.1. The Bertz CT molecular complexity index is 1580. The summed E-state index contributed by atoms with van der Waals surface area (Å²) in [6, 6.07) is 23.9. The van der Waals surface area contributed by atoms with E-state index in [-0.39, 0.29) is 43.5 Å². The molecule has 0 saturated carbocycles. The monoisotopic (exact) mass is 631 g/mol. The van der Waals surface area contributed by atoms with E-state index < -0.39 is 12.3 Å². The average molecular weight is 632 g/mol. The first-order chi connectivity index (χ1) is 21.8. The molecule has 4 atom stereocenters. The summed E-state index contributed by atoms with van der Waals surface area (Å²) in [6.07, 6.45) is -0.491. The second-order valence-electron chi connectivity index (χ2n) is 11.1. The van der Waals surface area contributed by atoms with Crippen LogP contribution in [0.4, 0.5) is 0 Å². The van der Waals surface area contributed by atoms with Crippen molar-refractivity contribution in [1.29, 1.82) is 0 Å². The lowest BCUT2D eigenvalue weighted by atomic mass is 9.91. The largest absolute Gasteiger partial charge is 0.481 e. The standard InChI is InChI=1S/C33H37N5O6S/c1-21-28(20-45-33-35-36-37-38(33)2)43-32(44-31(21)25-11-9-22(19-39)10-12-25)26-15-13-24(14-16-26)27-6-3-5-23(17-27)18-34-29(40)7-4-8-30(41)42/h3,5-6,9-17,21,28,31-32,39H,4,7-8,18-20H2,1-2H3,(H,34,40)(H,41,42). The second-order valence-corrected chi connectivity index (χ2v) is 12.1. The van der Waals surface area contributed by atoms with Gasteiger partial charge in [0.05, 0.1) is 18.8 Å². The zero-order valence-electron chi connectivity index (χ0n) is 25.2. The fourth-order valence-electron chi connectivity index (χ4n) is 5.19. The summed E-state index contributed by atoms with van der Waals surface area (Å²) in [4.78, 5) is 22.8. The highest BCUT2D eigenvalue weighted by atomic mass is 32.2. The van der Waals surface area contributed by atoms with Gasteiger partial charge in [0, 0.05) is 43.7 Å². The zero-order chi connectivity index (χ0) is 31.8. The molecule has 3 aromatic carbocycles. The molecule has 1 aliphatic heterocycles. The number of carboxylic acids is 1. The number of rotatable bonds is 13. The van der Waals surface area contributed by atoms with Gasteiger partial charge in [-0.3, -0.25) is 9.59 Å². The molecule has 45 heavy (non-hydrogen) atoms. The van der Waals surface area contributed by atoms with Crippen molar-refractivity contribution in [3.8, 4) is 11.1 Å². The molecule has 4 unspecified atom stereocenters. The van der Waals surface area contributed by atoms with Crippen molar-refractivity contribution in [1.82, 2.24) is 25.5 Å². The van der Waals surface area contributed by atoms with Crippen LogP contribution in [0.15, 0.2) is 78.0 Å². The normalized spacial score (nSPS) is 19.7. The first-order valence-corrected chi connectivity index (χ1v) is 15.8. The van der Waals surface area contributed by atoms with Crippen LogP contribution in [0.2, 0.25) is 0 Å². The van der Waals surface area contributed by atoms with E-state index in [1.807, 2.05) is 79.8 Å². The quantitative estimate of drug-likeness (QED) is 0.175. The number of thioether (sulfide) groups is 1. The molecule has 3 N–H and O–H groups in total. The number of carboxylic acid groups (broad SMARTS) is 1. The predicted molar refractivity (Wildman–Crippen MR) is 168 cm³/mol. The third kappa shape index (κ3) is 8.54. The molecule has 1 saturated heterocycles. The summed E-state index contributed by atoms with van der Waals surface area (Å²) in [5.41, 5.74) is 5.72. The molecule has 11 nitrogen and oxygen atoms in total. The number of hydrogen-bond acceptors (Lipinski definition) is 9. The highest BCUT2D eigenvalue weighted by Gasteiger charge is 2.38. The Balaban J connectivity index is 1.29. The van der Waals surface area contributed by atoms with E-state index in [4.69, 9.17) is 14.6 Å². The summed E-state index contributed by atoms with van der Waals surface area (Å²) in [5, 5.41) is 33.6. The van der Waals surface area contributed by atoms with Crippen LogP contribution < -0.4 is 5.32 Å². The summed E-state index contributed by atoms with van der Waals surface area (Å²) in [7, 11) is 1.81. The molecule has 0 radical (unpaired) electrons. The van der Waals surface area contributed by atoms with E-state index in [2.05, 4.69) is 27.8 Å². The predicted octanol–water partition coefficient (Wildman–Crippen LogP) is 4.82. The number of aromatic nitrogens is 4. The smallest absolute Gasteiger partial charge is 0.303 e. The zero-order valence-corrected chi connectivity index (χ0v) is 26.0. The Labute approximate surface area is 266 Å². The van der Waals surface area contributed by atoms with Crippen molar-refractivity contribution in [3.05, 3.63) is 95.1 Å². The lowest BCUT2D eigenvalue weighted by molar-refractivity contribution is -0.268. The fraction of sp³-hybridized carbons (Fsp3) is 0.364. The molecule has 5 rings (SSSR count). The van der Waals surface area contributed by atoms with Crippen molar-refractivity contribution < 1.29 is 29.3 Å². The van der Waals surface area contributed by atoms with E-state index in [0.29, 0.717) is 23.9 Å². The number of ether oxygens (including phenoxy) is 2. The Hall–Kier alpha value is -4.10. The van der Waals surface area contributed by atoms with E-state index >= 15 is 0 Å². The maximum absolute atomic E-state index is 12.1. The first-order valence-electron chi connectivity index (χ1n) is 14.8. The van der Waals surface area contributed by atoms with Crippen molar-refractivity contribution in [2.24, 2.45) is 13.0 Å². The van der Waals surface area contributed by atoms with Gasteiger partial charge < -0.3 is 25.0 Å². The average Bonchev–Trinajstić information content (AvgIpc) is 3.47. The van der Waals surface area contributed by atoms with Gasteiger partial charge in [0.25, 0.3) is 0 Å². The molecule has 0 aliphatic carbocycles. The van der Waals surface area contributed by atoms with Crippen LogP contribution in [0.25, 0.3) is 11.1 Å². The molecule has 1 aromatic heterocycles. The van der Waals surface area contributed by atoms with E-state index in [0.717, 1.165) is 33.4 Å². The topological polar surface area (TPSA) is 149 Å². The van der Waals surface area contributed by atoms with Crippen LogP contribution in [0.5, 0.6) is 0 Å². The summed E-state index contributed by atoms with van der Waals surface area (Å²) < 4.78 is 14.8. The molecule has 0 bridgehead atoms. The molecule has 12 heteroatoms. The highest BCUT2D eigenvalue weighted by Crippen LogP contribution is 2.43. The molecule has 236 valence electrons. The van der Waals surface area contributed by atoms with Crippen LogP contribution in [-0.4, -0.2) is 54.2 Å². The maximum Gasteiger partial charge on any atom is 0.303 e. The Kier molecular flexibility index (Phi) is 11.0. The molecular weight excluding hydrogens is 594 g/mol. The SMILES string of the molecule is CC1C(CSc2nnnn2C)OC(c2ccc(-c3cccc(CNC(=O)CCCC(=O)O)c3)cc2)OC1c1ccc(CO)cc1. The fourth-order valence-corrected chi connectivity index (χ4v) is 6.21. The minimum absolute atomic E-state index is 0.0173. The molecule has 1 amide bonds. The van der Waals surface area contributed by atoms with Gasteiger partial charge in [0.2, 0.25) is 11.1 Å². The molecular formula is C33H37N5O6S. The van der Waals surface area contributed by atoms with Crippen LogP contribution >= 0.6 is 11.8 Å². The number of aliphatic hydroxyl groups is 1. The first kappa shape index (κ1) is 32.3. The third-order valence-corrected chi connectivity index (χ3v) is 8.91. The van der Waals surface area contributed by atoms with Gasteiger partial charge >= 0.3 is 5.97 Å². The van der Waals surface area contributed by atoms with Gasteiger partial charge in [-0.25, -0.2) is 4.68 Å². The Morgan fingerprint density at radius 3 is 2.40 bits per heavy atom. The number of benzene rings is 3. The number of nitrogens with zero attached hydrogens (tertiary/aromatic N) is 4. The van der Waals surface area contributed by atoms with Crippen molar-refractivity contribution >= 4 is 23.6 Å². The second kappa shape index (κ2) is 15.3. The Morgan fingerprint density at radius 2 is 1.71 bits per heavy atom. The summed E-state index contributed by atoms with van der Waals surface area (Å²) in [5.74, 6) is -0.391. The Morgan fingerprint density at radius 1 is 0.956 bits per heavy atom. The van der Waals surface area contributed by atoms with Gasteiger partial charge in [-0.15, -0.1) is 5.10 Å². The van der Waals surface area contributed by atoms with Crippen LogP contribution in [0, 0.1) is 5.92 Å². The van der Waals surface area contributed by atoms with Gasteiger partial charge in [0.1, 0.15) is 0 Å². The number of carbonyl (C=O) groups is 2. The number of hydrogen-bond donors (Lipinski definition) is 3. The molecule has 1 fully saturated rings. The van der Waals surface area contributed by atoms with E-state index in [1.54, 1.807) is 4.68 Å². The van der Waals surface area contributed by atoms with Gasteiger partial charge in [-0.1, -0.05) is 85.4 Å². The number of amides is 1. The van der Waals surface area contributed by atoms with Crippen molar-refractivity contribution in [2.75, 3.05) is 5.75 Å². The van der Waals surface area contributed by atoms with Gasteiger partial charge in [0.15, 0.2) is 6.29 Å². The van der Waals surface area contributed by atoms with Gasteiger partial charge in [-0.05, 0) is 50.7 Å². The number of nitrogens with one attached hydrogen (secondary N) is 1. The number of aryl methyl sites for hydroxylation is 1. The van der Waals surface area contributed by atoms with Crippen LogP contribution in [-0.2, 0) is 39.3 Å². The lowest BCUT2D eigenvalue weighted by Gasteiger charge is -2.41. The minimum atomic E-state index is -0.902. The van der Waals surface area contributed by atoms with Crippen molar-refractivity contribution in [3.63, 3.8) is 0 Å². The number of carbonyl (C=O) groups excluding carboxylic acids is 1. The van der Waals surface area contributed by atoms with Crippen LogP contribution in [0.1, 0.15) is 60.8 Å². The van der Waals surface area contributed by atoms with Gasteiger partial charge in [-0.2, -0.15) is 0 Å². The van der Waals surface area contributed by atoms with Crippen molar-refractivity contribution in [2.45, 2.75) is 63.0 Å². The number of aliphatic carboxylic acids is 1. The molecule has 1 aliphatic rings. The lowest BCUT2D eigenvalue weighted by Crippen LogP contribution is -2.38. The third-order valence-electron chi connectivity index (χ3n) is 7.81. The summed E-state index contributed by atoms with van der Waals surface area (Å²) in [6.45, 7) is 2.47.